The Kier molecular flexibility index (Phi) is 9.17. The lowest BCUT2D eigenvalue weighted by Crippen LogP contribution is -2.28. The number of rotatable bonds is 13. The molecule has 0 saturated heterocycles. The van der Waals surface area contributed by atoms with Gasteiger partial charge in [0.2, 0.25) is 5.85 Å². The van der Waals surface area contributed by atoms with Crippen LogP contribution in [0.1, 0.15) is 63.5 Å². The summed E-state index contributed by atoms with van der Waals surface area (Å²) in [5.41, 5.74) is 2.57. The number of hydrogen-bond acceptors (Lipinski definition) is 7. The second kappa shape index (κ2) is 12.1. The van der Waals surface area contributed by atoms with E-state index in [9.17, 15) is 4.39 Å². The topological polar surface area (TPSA) is 68.3 Å². The van der Waals surface area contributed by atoms with Gasteiger partial charge in [0.15, 0.2) is 0 Å². The highest BCUT2D eigenvalue weighted by Crippen LogP contribution is 2.33. The average Bonchev–Trinajstić information content (AvgIpc) is 3.27. The predicted octanol–water partition coefficient (Wildman–Crippen LogP) is 6.41. The van der Waals surface area contributed by atoms with Gasteiger partial charge in [-0.25, -0.2) is 14.4 Å². The average molecular weight is 479 g/mol. The number of benzene rings is 1. The van der Waals surface area contributed by atoms with Gasteiger partial charge in [0.05, 0.1) is 12.8 Å². The van der Waals surface area contributed by atoms with Gasteiger partial charge in [-0.2, -0.15) is 4.39 Å². The van der Waals surface area contributed by atoms with E-state index in [4.69, 9.17) is 9.47 Å². The Morgan fingerprint density at radius 1 is 1.18 bits per heavy atom. The first-order valence-corrected chi connectivity index (χ1v) is 12.2. The second-order valence-electron chi connectivity index (χ2n) is 8.12. The van der Waals surface area contributed by atoms with E-state index in [-0.39, 0.29) is 17.7 Å². The molecule has 3 rings (SSSR count). The molecule has 0 bridgehead atoms. The summed E-state index contributed by atoms with van der Waals surface area (Å²) in [6, 6.07) is 5.35. The van der Waals surface area contributed by atoms with Gasteiger partial charge in [0.1, 0.15) is 17.9 Å². The van der Waals surface area contributed by atoms with Crippen LogP contribution in [0.25, 0.3) is 5.70 Å². The maximum atomic E-state index is 15.0. The quantitative estimate of drug-likeness (QED) is 0.322. The lowest BCUT2D eigenvalue weighted by atomic mass is 10.1. The minimum Gasteiger partial charge on any atom is -0.467 e. The van der Waals surface area contributed by atoms with Crippen molar-refractivity contribution in [1.29, 1.82) is 0 Å². The van der Waals surface area contributed by atoms with Gasteiger partial charge >= 0.3 is 6.01 Å². The summed E-state index contributed by atoms with van der Waals surface area (Å²) in [5.74, 6) is -1.63. The van der Waals surface area contributed by atoms with Crippen LogP contribution in [-0.2, 0) is 6.67 Å². The van der Waals surface area contributed by atoms with E-state index in [0.29, 0.717) is 17.3 Å². The standard InChI is InChI=1S/C24H32F2N4O2S/c1-4-5-6-7-8-11-24(2,26)32-21-12-19(10-9-17(21)13-25)29-23-30-20(16-33-23)18-14-27-22(31-3)28-15-18/h9-10,12,14-16,23,29-30H,4-8,11,13H2,1-3H3/t23?,24-/m1/s1. The van der Waals surface area contributed by atoms with E-state index in [2.05, 4.69) is 27.5 Å². The Balaban J connectivity index is 1.59. The Labute approximate surface area is 198 Å². The van der Waals surface area contributed by atoms with Crippen molar-refractivity contribution in [3.63, 3.8) is 0 Å². The molecule has 0 spiro atoms. The number of thioether (sulfide) groups is 1. The normalized spacial score (nSPS) is 17.1. The van der Waals surface area contributed by atoms with Gasteiger partial charge in [0.25, 0.3) is 0 Å². The van der Waals surface area contributed by atoms with Crippen LogP contribution in [0.4, 0.5) is 14.5 Å². The maximum Gasteiger partial charge on any atom is 0.316 e. The monoisotopic (exact) mass is 478 g/mol. The smallest absolute Gasteiger partial charge is 0.316 e. The van der Waals surface area contributed by atoms with Crippen molar-refractivity contribution in [2.24, 2.45) is 0 Å². The van der Waals surface area contributed by atoms with Crippen molar-refractivity contribution in [3.05, 3.63) is 47.1 Å². The summed E-state index contributed by atoms with van der Waals surface area (Å²) in [6.07, 6.45) is 8.72. The van der Waals surface area contributed by atoms with Gasteiger partial charge in [0, 0.05) is 48.6 Å². The van der Waals surface area contributed by atoms with Crippen LogP contribution in [0.3, 0.4) is 0 Å². The van der Waals surface area contributed by atoms with Crippen LogP contribution in [0.2, 0.25) is 0 Å². The van der Waals surface area contributed by atoms with Crippen molar-refractivity contribution in [3.8, 4) is 11.8 Å². The lowest BCUT2D eigenvalue weighted by Gasteiger charge is -2.24. The molecular formula is C24H32F2N4O2S. The Hall–Kier alpha value is -2.55. The molecule has 2 atom stereocenters. The van der Waals surface area contributed by atoms with Crippen LogP contribution in [0.15, 0.2) is 36.0 Å². The molecule has 1 aliphatic heterocycles. The number of nitrogens with one attached hydrogen (secondary N) is 2. The summed E-state index contributed by atoms with van der Waals surface area (Å²) in [6.45, 7) is 2.84. The highest BCUT2D eigenvalue weighted by atomic mass is 32.2. The van der Waals surface area contributed by atoms with Crippen molar-refractivity contribution >= 4 is 23.1 Å². The first kappa shape index (κ1) is 25.1. The van der Waals surface area contributed by atoms with E-state index in [0.717, 1.165) is 43.4 Å². The third-order valence-electron chi connectivity index (χ3n) is 5.29. The SMILES string of the molecule is CCCCCCC[C@](C)(F)Oc1cc(NC2NC(c3cnc(OC)nc3)=CS2)ccc1CF. The number of aromatic nitrogens is 2. The molecule has 2 heterocycles. The number of hydrogen-bond donors (Lipinski definition) is 2. The summed E-state index contributed by atoms with van der Waals surface area (Å²) in [7, 11) is 1.52. The molecule has 1 aliphatic rings. The Morgan fingerprint density at radius 2 is 1.94 bits per heavy atom. The molecule has 1 unspecified atom stereocenters. The minimum atomic E-state index is -1.85. The van der Waals surface area contributed by atoms with E-state index in [1.54, 1.807) is 30.6 Å². The van der Waals surface area contributed by atoms with E-state index >= 15 is 4.39 Å². The van der Waals surface area contributed by atoms with Crippen LogP contribution < -0.4 is 20.1 Å². The molecule has 9 heteroatoms. The second-order valence-corrected chi connectivity index (χ2v) is 9.10. The summed E-state index contributed by atoms with van der Waals surface area (Å²) < 4.78 is 39.2. The molecule has 1 aromatic carbocycles. The van der Waals surface area contributed by atoms with Crippen molar-refractivity contribution in [1.82, 2.24) is 15.3 Å². The zero-order chi connectivity index (χ0) is 23.7. The van der Waals surface area contributed by atoms with E-state index < -0.39 is 12.5 Å². The molecule has 2 N–H and O–H groups in total. The summed E-state index contributed by atoms with van der Waals surface area (Å²) in [5, 5.41) is 8.62. The number of halogens is 2. The molecule has 0 fully saturated rings. The third-order valence-corrected chi connectivity index (χ3v) is 6.17. The fraction of sp³-hybridized carbons (Fsp3) is 0.500. The van der Waals surface area contributed by atoms with Crippen LogP contribution >= 0.6 is 11.8 Å². The number of unbranched alkanes of at least 4 members (excludes halogenated alkanes) is 4. The zero-order valence-corrected chi connectivity index (χ0v) is 20.2. The largest absolute Gasteiger partial charge is 0.467 e. The van der Waals surface area contributed by atoms with Crippen LogP contribution in [0, 0.1) is 0 Å². The summed E-state index contributed by atoms with van der Waals surface area (Å²) >= 11 is 1.54. The molecule has 0 amide bonds. The van der Waals surface area contributed by atoms with Gasteiger partial charge < -0.3 is 20.1 Å². The first-order chi connectivity index (χ1) is 15.9. The van der Waals surface area contributed by atoms with E-state index in [1.165, 1.54) is 25.8 Å². The van der Waals surface area contributed by atoms with Crippen molar-refractivity contribution in [2.45, 2.75) is 70.4 Å². The number of ether oxygens (including phenoxy) is 2. The molecular weight excluding hydrogens is 446 g/mol. The Morgan fingerprint density at radius 3 is 2.64 bits per heavy atom. The van der Waals surface area contributed by atoms with Crippen molar-refractivity contribution < 1.29 is 18.3 Å². The number of anilines is 1. The number of methoxy groups -OCH3 is 1. The minimum absolute atomic E-state index is 0.165. The van der Waals surface area contributed by atoms with Crippen molar-refractivity contribution in [2.75, 3.05) is 12.4 Å². The zero-order valence-electron chi connectivity index (χ0n) is 19.4. The maximum absolute atomic E-state index is 15.0. The lowest BCUT2D eigenvalue weighted by molar-refractivity contribution is -0.0539. The number of nitrogens with zero attached hydrogens (tertiary/aromatic N) is 2. The highest BCUT2D eigenvalue weighted by Gasteiger charge is 2.26. The first-order valence-electron chi connectivity index (χ1n) is 11.3. The summed E-state index contributed by atoms with van der Waals surface area (Å²) in [4.78, 5) is 8.24. The van der Waals surface area contributed by atoms with Crippen LogP contribution in [-0.4, -0.2) is 28.4 Å². The molecule has 0 radical (unpaired) electrons. The molecule has 33 heavy (non-hydrogen) atoms. The molecule has 180 valence electrons. The van der Waals surface area contributed by atoms with Gasteiger partial charge in [-0.05, 0) is 17.9 Å². The van der Waals surface area contributed by atoms with Gasteiger partial charge in [-0.3, -0.25) is 0 Å². The fourth-order valence-electron chi connectivity index (χ4n) is 3.45. The predicted molar refractivity (Wildman–Crippen MR) is 129 cm³/mol. The molecule has 0 saturated carbocycles. The van der Waals surface area contributed by atoms with Gasteiger partial charge in [-0.15, -0.1) is 0 Å². The molecule has 0 aliphatic carbocycles. The number of alkyl halides is 2. The molecule has 1 aromatic heterocycles. The molecule has 6 nitrogen and oxygen atoms in total. The Bertz CT molecular complexity index is 925. The third kappa shape index (κ3) is 7.48. The highest BCUT2D eigenvalue weighted by molar-refractivity contribution is 8.03. The van der Waals surface area contributed by atoms with E-state index in [1.807, 2.05) is 5.41 Å². The molecule has 2 aromatic rings. The van der Waals surface area contributed by atoms with Crippen LogP contribution in [0.5, 0.6) is 11.8 Å². The fourth-order valence-corrected chi connectivity index (χ4v) is 4.33. The van der Waals surface area contributed by atoms with Gasteiger partial charge in [-0.1, -0.05) is 50.4 Å².